The van der Waals surface area contributed by atoms with Crippen molar-refractivity contribution in [1.29, 1.82) is 0 Å². The lowest BCUT2D eigenvalue weighted by Crippen LogP contribution is -2.47. The molecule has 1 aliphatic rings. The van der Waals surface area contributed by atoms with Crippen molar-refractivity contribution in [3.05, 3.63) is 34.9 Å². The summed E-state index contributed by atoms with van der Waals surface area (Å²) in [6, 6.07) is 7.74. The Hall–Kier alpha value is -1.10. The molecule has 0 spiro atoms. The first kappa shape index (κ1) is 14.3. The SMILES string of the molecule is O=C(CN1CCNCC1)NCCc1cccc(Cl)c1. The monoisotopic (exact) mass is 281 g/mol. The van der Waals surface area contributed by atoms with E-state index in [4.69, 9.17) is 11.6 Å². The van der Waals surface area contributed by atoms with Crippen LogP contribution in [0.4, 0.5) is 0 Å². The van der Waals surface area contributed by atoms with E-state index in [1.54, 1.807) is 0 Å². The zero-order valence-corrected chi connectivity index (χ0v) is 11.7. The number of amides is 1. The maximum absolute atomic E-state index is 11.8. The van der Waals surface area contributed by atoms with Crippen molar-refractivity contribution in [3.8, 4) is 0 Å². The Bertz CT molecular complexity index is 419. The summed E-state index contributed by atoms with van der Waals surface area (Å²) in [5.41, 5.74) is 1.15. The highest BCUT2D eigenvalue weighted by Crippen LogP contribution is 2.10. The van der Waals surface area contributed by atoms with Gasteiger partial charge in [0.1, 0.15) is 0 Å². The summed E-state index contributed by atoms with van der Waals surface area (Å²) in [4.78, 5) is 13.9. The molecule has 0 aromatic heterocycles. The van der Waals surface area contributed by atoms with E-state index in [1.807, 2.05) is 24.3 Å². The van der Waals surface area contributed by atoms with Crippen LogP contribution in [-0.2, 0) is 11.2 Å². The largest absolute Gasteiger partial charge is 0.355 e. The van der Waals surface area contributed by atoms with Crippen LogP contribution in [0.3, 0.4) is 0 Å². The lowest BCUT2D eigenvalue weighted by Gasteiger charge is -2.26. The standard InChI is InChI=1S/C14H20ClN3O/c15-13-3-1-2-12(10-13)4-5-17-14(19)11-18-8-6-16-7-9-18/h1-3,10,16H,4-9,11H2,(H,17,19). The van der Waals surface area contributed by atoms with Crippen LogP contribution in [0.5, 0.6) is 0 Å². The van der Waals surface area contributed by atoms with Gasteiger partial charge < -0.3 is 10.6 Å². The third-order valence-corrected chi connectivity index (χ3v) is 3.44. The van der Waals surface area contributed by atoms with Gasteiger partial charge in [-0.15, -0.1) is 0 Å². The first-order valence-electron chi connectivity index (χ1n) is 6.68. The number of hydrogen-bond donors (Lipinski definition) is 2. The second-order valence-corrected chi connectivity index (χ2v) is 5.19. The van der Waals surface area contributed by atoms with E-state index in [0.29, 0.717) is 13.1 Å². The molecular weight excluding hydrogens is 262 g/mol. The fourth-order valence-electron chi connectivity index (χ4n) is 2.17. The molecule has 0 unspecified atom stereocenters. The third-order valence-electron chi connectivity index (χ3n) is 3.20. The lowest BCUT2D eigenvalue weighted by atomic mass is 10.1. The highest BCUT2D eigenvalue weighted by molar-refractivity contribution is 6.30. The summed E-state index contributed by atoms with van der Waals surface area (Å²) in [7, 11) is 0. The molecule has 19 heavy (non-hydrogen) atoms. The minimum Gasteiger partial charge on any atom is -0.355 e. The summed E-state index contributed by atoms with van der Waals surface area (Å²) in [5, 5.41) is 6.97. The van der Waals surface area contributed by atoms with Gasteiger partial charge in [-0.1, -0.05) is 23.7 Å². The van der Waals surface area contributed by atoms with Gasteiger partial charge in [0.05, 0.1) is 6.54 Å². The zero-order chi connectivity index (χ0) is 13.5. The second-order valence-electron chi connectivity index (χ2n) is 4.76. The molecule has 1 heterocycles. The average molecular weight is 282 g/mol. The van der Waals surface area contributed by atoms with Crippen molar-refractivity contribution in [3.63, 3.8) is 0 Å². The number of nitrogens with one attached hydrogen (secondary N) is 2. The average Bonchev–Trinajstić information content (AvgIpc) is 2.40. The van der Waals surface area contributed by atoms with Crippen LogP contribution < -0.4 is 10.6 Å². The molecule has 5 heteroatoms. The van der Waals surface area contributed by atoms with Crippen LogP contribution in [0.2, 0.25) is 5.02 Å². The Morgan fingerprint density at radius 3 is 2.89 bits per heavy atom. The molecule has 4 nitrogen and oxygen atoms in total. The van der Waals surface area contributed by atoms with E-state index in [-0.39, 0.29) is 5.91 Å². The Morgan fingerprint density at radius 2 is 2.16 bits per heavy atom. The minimum atomic E-state index is 0.101. The number of hydrogen-bond acceptors (Lipinski definition) is 3. The van der Waals surface area contributed by atoms with Crippen molar-refractivity contribution in [2.75, 3.05) is 39.3 Å². The minimum absolute atomic E-state index is 0.101. The first-order chi connectivity index (χ1) is 9.24. The molecule has 1 aliphatic heterocycles. The number of nitrogens with zero attached hydrogens (tertiary/aromatic N) is 1. The number of carbonyl (C=O) groups is 1. The molecule has 2 N–H and O–H groups in total. The number of benzene rings is 1. The van der Waals surface area contributed by atoms with Crippen LogP contribution in [0.25, 0.3) is 0 Å². The summed E-state index contributed by atoms with van der Waals surface area (Å²) >= 11 is 5.92. The number of halogens is 1. The van der Waals surface area contributed by atoms with Gasteiger partial charge in [-0.3, -0.25) is 9.69 Å². The highest BCUT2D eigenvalue weighted by atomic mass is 35.5. The van der Waals surface area contributed by atoms with E-state index in [0.717, 1.165) is 43.2 Å². The van der Waals surface area contributed by atoms with Gasteiger partial charge in [-0.05, 0) is 24.1 Å². The lowest BCUT2D eigenvalue weighted by molar-refractivity contribution is -0.122. The van der Waals surface area contributed by atoms with E-state index in [1.165, 1.54) is 0 Å². The van der Waals surface area contributed by atoms with Crippen molar-refractivity contribution in [2.24, 2.45) is 0 Å². The predicted molar refractivity (Wildman–Crippen MR) is 77.5 cm³/mol. The van der Waals surface area contributed by atoms with Gasteiger partial charge in [0, 0.05) is 37.7 Å². The molecule has 104 valence electrons. The molecule has 1 aromatic rings. The van der Waals surface area contributed by atoms with E-state index in [2.05, 4.69) is 15.5 Å². The second kappa shape index (κ2) is 7.48. The Labute approximate surface area is 119 Å². The molecule has 1 aromatic carbocycles. The molecule has 0 saturated carbocycles. The van der Waals surface area contributed by atoms with E-state index < -0.39 is 0 Å². The van der Waals surface area contributed by atoms with Crippen LogP contribution in [-0.4, -0.2) is 50.1 Å². The molecule has 1 amide bonds. The Balaban J connectivity index is 1.66. The summed E-state index contributed by atoms with van der Waals surface area (Å²) < 4.78 is 0. The van der Waals surface area contributed by atoms with Crippen molar-refractivity contribution in [1.82, 2.24) is 15.5 Å². The van der Waals surface area contributed by atoms with Gasteiger partial charge in [-0.2, -0.15) is 0 Å². The molecule has 0 atom stereocenters. The molecule has 1 saturated heterocycles. The summed E-state index contributed by atoms with van der Waals surface area (Å²) in [6.45, 7) is 4.98. The predicted octanol–water partition coefficient (Wildman–Crippen LogP) is 0.904. The maximum atomic E-state index is 11.8. The normalized spacial score (nSPS) is 16.3. The first-order valence-corrected chi connectivity index (χ1v) is 7.06. The van der Waals surface area contributed by atoms with E-state index in [9.17, 15) is 4.79 Å². The van der Waals surface area contributed by atoms with Gasteiger partial charge >= 0.3 is 0 Å². The molecule has 0 radical (unpaired) electrons. The third kappa shape index (κ3) is 5.19. The smallest absolute Gasteiger partial charge is 0.234 e. The van der Waals surface area contributed by atoms with Crippen molar-refractivity contribution in [2.45, 2.75) is 6.42 Å². The van der Waals surface area contributed by atoms with E-state index >= 15 is 0 Å². The topological polar surface area (TPSA) is 44.4 Å². The Kier molecular flexibility index (Phi) is 5.63. The molecule has 0 bridgehead atoms. The van der Waals surface area contributed by atoms with Crippen molar-refractivity contribution < 1.29 is 4.79 Å². The molecule has 0 aliphatic carbocycles. The van der Waals surface area contributed by atoms with Crippen LogP contribution in [0, 0.1) is 0 Å². The molecular formula is C14H20ClN3O. The molecule has 1 fully saturated rings. The van der Waals surface area contributed by atoms with Gasteiger partial charge in [0.15, 0.2) is 0 Å². The van der Waals surface area contributed by atoms with Crippen LogP contribution >= 0.6 is 11.6 Å². The number of piperazine rings is 1. The number of rotatable bonds is 5. The van der Waals surface area contributed by atoms with Gasteiger partial charge in [0.2, 0.25) is 5.91 Å². The molecule has 2 rings (SSSR count). The quantitative estimate of drug-likeness (QED) is 0.843. The van der Waals surface area contributed by atoms with Crippen LogP contribution in [0.15, 0.2) is 24.3 Å². The summed E-state index contributed by atoms with van der Waals surface area (Å²) in [5.74, 6) is 0.101. The summed E-state index contributed by atoms with van der Waals surface area (Å²) in [6.07, 6.45) is 0.813. The van der Waals surface area contributed by atoms with Gasteiger partial charge in [-0.25, -0.2) is 0 Å². The fourth-order valence-corrected chi connectivity index (χ4v) is 2.38. The maximum Gasteiger partial charge on any atom is 0.234 e. The number of carbonyl (C=O) groups excluding carboxylic acids is 1. The highest BCUT2D eigenvalue weighted by Gasteiger charge is 2.12. The zero-order valence-electron chi connectivity index (χ0n) is 11.0. The Morgan fingerprint density at radius 1 is 1.37 bits per heavy atom. The van der Waals surface area contributed by atoms with Gasteiger partial charge in [0.25, 0.3) is 0 Å². The fraction of sp³-hybridized carbons (Fsp3) is 0.500. The van der Waals surface area contributed by atoms with Crippen LogP contribution in [0.1, 0.15) is 5.56 Å². The van der Waals surface area contributed by atoms with Crippen molar-refractivity contribution >= 4 is 17.5 Å².